The van der Waals surface area contributed by atoms with Crippen LogP contribution < -0.4 is 5.73 Å². The number of nitrogens with zero attached hydrogens (tertiary/aromatic N) is 3. The van der Waals surface area contributed by atoms with Crippen molar-refractivity contribution < 1.29 is 4.74 Å². The number of aromatic nitrogens is 3. The molecule has 1 aromatic rings. The molecule has 1 fully saturated rings. The second kappa shape index (κ2) is 2.78. The van der Waals surface area contributed by atoms with Gasteiger partial charge in [-0.1, -0.05) is 0 Å². The molecule has 1 aliphatic rings. The Hall–Kier alpha value is -0.940. The SMILES string of the molecule is Cn1cnnc1C1(C)COCC1N. The van der Waals surface area contributed by atoms with Gasteiger partial charge in [0.05, 0.1) is 18.6 Å². The summed E-state index contributed by atoms with van der Waals surface area (Å²) in [7, 11) is 1.92. The Bertz CT molecular complexity index is 311. The molecule has 0 radical (unpaired) electrons. The Labute approximate surface area is 76.9 Å². The van der Waals surface area contributed by atoms with Crippen LogP contribution in [0.15, 0.2) is 6.33 Å². The molecular weight excluding hydrogens is 168 g/mol. The van der Waals surface area contributed by atoms with Crippen molar-refractivity contribution in [3.8, 4) is 0 Å². The normalized spacial score (nSPS) is 33.9. The number of ether oxygens (including phenoxy) is 1. The molecular formula is C8H14N4O. The first kappa shape index (κ1) is 8.65. The topological polar surface area (TPSA) is 66.0 Å². The van der Waals surface area contributed by atoms with E-state index in [0.29, 0.717) is 13.2 Å². The third kappa shape index (κ3) is 1.15. The molecule has 0 aromatic carbocycles. The van der Waals surface area contributed by atoms with Gasteiger partial charge in [-0.25, -0.2) is 0 Å². The zero-order valence-corrected chi connectivity index (χ0v) is 7.90. The van der Waals surface area contributed by atoms with Crippen LogP contribution in [0.3, 0.4) is 0 Å². The molecule has 2 atom stereocenters. The Balaban J connectivity index is 2.39. The standard InChI is InChI=1S/C8H14N4O/c1-8(4-13-3-6(8)9)7-11-10-5-12(7)2/h5-6H,3-4,9H2,1-2H3. The molecule has 0 saturated carbocycles. The number of nitrogens with two attached hydrogens (primary N) is 1. The summed E-state index contributed by atoms with van der Waals surface area (Å²) < 4.78 is 7.24. The van der Waals surface area contributed by atoms with E-state index in [1.807, 2.05) is 11.6 Å². The molecule has 72 valence electrons. The van der Waals surface area contributed by atoms with Crippen LogP contribution in [0, 0.1) is 0 Å². The Morgan fingerprint density at radius 1 is 1.77 bits per heavy atom. The number of hydrogen-bond acceptors (Lipinski definition) is 4. The molecule has 1 aliphatic heterocycles. The molecule has 2 heterocycles. The molecule has 0 bridgehead atoms. The van der Waals surface area contributed by atoms with Gasteiger partial charge in [-0.15, -0.1) is 10.2 Å². The smallest absolute Gasteiger partial charge is 0.142 e. The molecule has 2 N–H and O–H groups in total. The minimum Gasteiger partial charge on any atom is -0.379 e. The van der Waals surface area contributed by atoms with Gasteiger partial charge < -0.3 is 15.0 Å². The summed E-state index contributed by atoms with van der Waals surface area (Å²) in [5, 5.41) is 7.92. The van der Waals surface area contributed by atoms with E-state index in [9.17, 15) is 0 Å². The van der Waals surface area contributed by atoms with E-state index in [2.05, 4.69) is 17.1 Å². The Morgan fingerprint density at radius 3 is 3.00 bits per heavy atom. The minimum atomic E-state index is -0.189. The first-order chi connectivity index (χ1) is 6.14. The lowest BCUT2D eigenvalue weighted by Gasteiger charge is -2.24. The van der Waals surface area contributed by atoms with Crippen LogP contribution >= 0.6 is 0 Å². The van der Waals surface area contributed by atoms with Gasteiger partial charge in [0.1, 0.15) is 12.2 Å². The van der Waals surface area contributed by atoms with Crippen LogP contribution in [0.5, 0.6) is 0 Å². The Morgan fingerprint density at radius 2 is 2.54 bits per heavy atom. The third-order valence-corrected chi connectivity index (χ3v) is 2.74. The van der Waals surface area contributed by atoms with Crippen molar-refractivity contribution in [3.63, 3.8) is 0 Å². The summed E-state index contributed by atoms with van der Waals surface area (Å²) in [6, 6.07) is 0.00963. The van der Waals surface area contributed by atoms with Crippen molar-refractivity contribution in [1.82, 2.24) is 14.8 Å². The zero-order chi connectivity index (χ0) is 9.47. The molecule has 0 spiro atoms. The average molecular weight is 182 g/mol. The lowest BCUT2D eigenvalue weighted by molar-refractivity contribution is 0.177. The molecule has 0 aliphatic carbocycles. The van der Waals surface area contributed by atoms with Crippen LogP contribution in [-0.4, -0.2) is 34.0 Å². The highest BCUT2D eigenvalue weighted by Crippen LogP contribution is 2.29. The van der Waals surface area contributed by atoms with E-state index in [0.717, 1.165) is 5.82 Å². The molecule has 1 aromatic heterocycles. The number of rotatable bonds is 1. The molecule has 5 heteroatoms. The summed E-state index contributed by atoms with van der Waals surface area (Å²) in [5.74, 6) is 0.900. The van der Waals surface area contributed by atoms with E-state index in [-0.39, 0.29) is 11.5 Å². The molecule has 0 amide bonds. The molecule has 1 saturated heterocycles. The molecule has 2 unspecified atom stereocenters. The van der Waals surface area contributed by atoms with Crippen LogP contribution in [-0.2, 0) is 17.2 Å². The fourth-order valence-electron chi connectivity index (χ4n) is 1.72. The van der Waals surface area contributed by atoms with Crippen molar-refractivity contribution in [2.24, 2.45) is 12.8 Å². The van der Waals surface area contributed by atoms with Gasteiger partial charge in [-0.3, -0.25) is 0 Å². The van der Waals surface area contributed by atoms with Crippen LogP contribution in [0.4, 0.5) is 0 Å². The largest absolute Gasteiger partial charge is 0.379 e. The first-order valence-corrected chi connectivity index (χ1v) is 4.32. The predicted octanol–water partition coefficient (Wildman–Crippen LogP) is -0.570. The van der Waals surface area contributed by atoms with Gasteiger partial charge in [0.15, 0.2) is 0 Å². The fraction of sp³-hybridized carbons (Fsp3) is 0.750. The molecule has 5 nitrogen and oxygen atoms in total. The van der Waals surface area contributed by atoms with E-state index in [1.165, 1.54) is 0 Å². The summed E-state index contributed by atoms with van der Waals surface area (Å²) in [4.78, 5) is 0. The van der Waals surface area contributed by atoms with Gasteiger partial charge in [-0.2, -0.15) is 0 Å². The summed E-state index contributed by atoms with van der Waals surface area (Å²) in [6.07, 6.45) is 1.69. The Kier molecular flexibility index (Phi) is 1.85. The van der Waals surface area contributed by atoms with Crippen molar-refractivity contribution in [2.45, 2.75) is 18.4 Å². The highest BCUT2D eigenvalue weighted by molar-refractivity contribution is 5.13. The van der Waals surface area contributed by atoms with Gasteiger partial charge in [-0.05, 0) is 6.92 Å². The molecule has 2 rings (SSSR count). The van der Waals surface area contributed by atoms with E-state index in [1.54, 1.807) is 6.33 Å². The second-order valence-electron chi connectivity index (χ2n) is 3.80. The summed E-state index contributed by atoms with van der Waals surface area (Å²) in [5.41, 5.74) is 5.78. The minimum absolute atomic E-state index is 0.00963. The lowest BCUT2D eigenvalue weighted by Crippen LogP contribution is -2.43. The summed E-state index contributed by atoms with van der Waals surface area (Å²) >= 11 is 0. The predicted molar refractivity (Wildman–Crippen MR) is 47.1 cm³/mol. The van der Waals surface area contributed by atoms with Crippen LogP contribution in [0.1, 0.15) is 12.7 Å². The maximum Gasteiger partial charge on any atom is 0.142 e. The zero-order valence-electron chi connectivity index (χ0n) is 7.90. The van der Waals surface area contributed by atoms with Crippen molar-refractivity contribution in [2.75, 3.05) is 13.2 Å². The maximum atomic E-state index is 5.97. The number of hydrogen-bond donors (Lipinski definition) is 1. The lowest BCUT2D eigenvalue weighted by atomic mass is 9.85. The van der Waals surface area contributed by atoms with Gasteiger partial charge in [0.25, 0.3) is 0 Å². The summed E-state index contributed by atoms with van der Waals surface area (Å²) in [6.45, 7) is 3.29. The number of aryl methyl sites for hydroxylation is 1. The fourth-order valence-corrected chi connectivity index (χ4v) is 1.72. The van der Waals surface area contributed by atoms with E-state index < -0.39 is 0 Å². The van der Waals surface area contributed by atoms with Crippen LogP contribution in [0.25, 0.3) is 0 Å². The highest BCUT2D eigenvalue weighted by Gasteiger charge is 2.42. The van der Waals surface area contributed by atoms with Crippen molar-refractivity contribution in [3.05, 3.63) is 12.2 Å². The first-order valence-electron chi connectivity index (χ1n) is 4.32. The van der Waals surface area contributed by atoms with Crippen molar-refractivity contribution in [1.29, 1.82) is 0 Å². The van der Waals surface area contributed by atoms with Crippen molar-refractivity contribution >= 4 is 0 Å². The van der Waals surface area contributed by atoms with Gasteiger partial charge in [0.2, 0.25) is 0 Å². The molecule has 13 heavy (non-hydrogen) atoms. The van der Waals surface area contributed by atoms with Crippen LogP contribution in [0.2, 0.25) is 0 Å². The van der Waals surface area contributed by atoms with Gasteiger partial charge >= 0.3 is 0 Å². The van der Waals surface area contributed by atoms with E-state index >= 15 is 0 Å². The quantitative estimate of drug-likeness (QED) is 0.631. The maximum absolute atomic E-state index is 5.97. The monoisotopic (exact) mass is 182 g/mol. The average Bonchev–Trinajstić information content (AvgIpc) is 2.62. The third-order valence-electron chi connectivity index (χ3n) is 2.74. The second-order valence-corrected chi connectivity index (χ2v) is 3.80. The van der Waals surface area contributed by atoms with Gasteiger partial charge in [0, 0.05) is 13.1 Å². The van der Waals surface area contributed by atoms with E-state index in [4.69, 9.17) is 10.5 Å². The highest BCUT2D eigenvalue weighted by atomic mass is 16.5.